The molecule has 0 heterocycles. The fraction of sp³-hybridized carbons (Fsp3) is 0.270. The summed E-state index contributed by atoms with van der Waals surface area (Å²) in [4.78, 5) is 6.93. The van der Waals surface area contributed by atoms with Gasteiger partial charge in [0.25, 0.3) is 0 Å². The molecule has 3 heteroatoms. The number of aryl methyl sites for hydroxylation is 2. The summed E-state index contributed by atoms with van der Waals surface area (Å²) in [5, 5.41) is 3.48. The maximum atomic E-state index is 4.59. The van der Waals surface area contributed by atoms with Gasteiger partial charge in [-0.15, -0.1) is 0 Å². The van der Waals surface area contributed by atoms with Gasteiger partial charge in [-0.25, -0.2) is 0 Å². The molecule has 0 unspecified atom stereocenters. The molecule has 0 aliphatic heterocycles. The van der Waals surface area contributed by atoms with Gasteiger partial charge in [0.15, 0.2) is 0 Å². The molecular weight excluding hydrogens is 486 g/mol. The third-order valence-corrected chi connectivity index (χ3v) is 6.97. The van der Waals surface area contributed by atoms with Crippen molar-refractivity contribution in [2.45, 2.75) is 59.4 Å². The van der Waals surface area contributed by atoms with Crippen LogP contribution in [0.1, 0.15) is 55.4 Å². The molecule has 1 N–H and O–H groups in total. The van der Waals surface area contributed by atoms with Crippen molar-refractivity contribution in [3.8, 4) is 0 Å². The summed E-state index contributed by atoms with van der Waals surface area (Å²) in [5.41, 5.74) is 10.0. The van der Waals surface area contributed by atoms with E-state index in [2.05, 4.69) is 147 Å². The van der Waals surface area contributed by atoms with Crippen LogP contribution in [0.3, 0.4) is 0 Å². The van der Waals surface area contributed by atoms with Gasteiger partial charge in [0.1, 0.15) is 0 Å². The van der Waals surface area contributed by atoms with E-state index in [1.54, 1.807) is 0 Å². The third kappa shape index (κ3) is 9.89. The van der Waals surface area contributed by atoms with Crippen LogP contribution in [0.25, 0.3) is 0 Å². The van der Waals surface area contributed by atoms with Gasteiger partial charge >= 0.3 is 0 Å². The second-order valence-electron chi connectivity index (χ2n) is 10.4. The minimum absolute atomic E-state index is 0.755. The summed E-state index contributed by atoms with van der Waals surface area (Å²) < 4.78 is 0. The van der Waals surface area contributed by atoms with Gasteiger partial charge in [-0.05, 0) is 74.6 Å². The highest BCUT2D eigenvalue weighted by Gasteiger charge is 2.16. The number of hydrogen-bond donors (Lipinski definition) is 1. The van der Waals surface area contributed by atoms with Crippen LogP contribution in [0.2, 0.25) is 0 Å². The summed E-state index contributed by atoms with van der Waals surface area (Å²) >= 11 is 0. The lowest BCUT2D eigenvalue weighted by molar-refractivity contribution is 0.347. The zero-order chi connectivity index (χ0) is 28.7. The normalized spacial score (nSPS) is 11.9. The van der Waals surface area contributed by atoms with Crippen LogP contribution >= 0.6 is 0 Å². The number of benzene rings is 3. The molecular formula is C37H45N3. The molecule has 0 bridgehead atoms. The minimum Gasteiger partial charge on any atom is -0.366 e. The molecule has 0 aliphatic carbocycles. The van der Waals surface area contributed by atoms with Gasteiger partial charge in [-0.2, -0.15) is 0 Å². The molecule has 0 atom stereocenters. The Morgan fingerprint density at radius 3 is 2.02 bits per heavy atom. The van der Waals surface area contributed by atoms with Crippen LogP contribution < -0.4 is 5.32 Å². The van der Waals surface area contributed by atoms with Crippen LogP contribution in [0.5, 0.6) is 0 Å². The van der Waals surface area contributed by atoms with Crippen molar-refractivity contribution >= 4 is 6.72 Å². The lowest BCUT2D eigenvalue weighted by Crippen LogP contribution is -2.26. The minimum atomic E-state index is 0.755. The predicted octanol–water partition coefficient (Wildman–Crippen LogP) is 8.95. The van der Waals surface area contributed by atoms with Crippen LogP contribution in [0, 0.1) is 6.92 Å². The number of aliphatic imine (C=N–C) groups is 1. The van der Waals surface area contributed by atoms with E-state index in [1.807, 2.05) is 0 Å². The fourth-order valence-electron chi connectivity index (χ4n) is 4.78. The quantitative estimate of drug-likeness (QED) is 0.148. The van der Waals surface area contributed by atoms with E-state index in [-0.39, 0.29) is 0 Å². The summed E-state index contributed by atoms with van der Waals surface area (Å²) in [5.74, 6) is 0. The smallest absolute Gasteiger partial charge is 0.0882 e. The highest BCUT2D eigenvalue weighted by Crippen LogP contribution is 2.26. The van der Waals surface area contributed by atoms with Crippen molar-refractivity contribution in [3.63, 3.8) is 0 Å². The molecule has 0 saturated carbocycles. The van der Waals surface area contributed by atoms with Gasteiger partial charge in [-0.3, -0.25) is 4.99 Å². The molecule has 0 fully saturated rings. The van der Waals surface area contributed by atoms with E-state index < -0.39 is 0 Å². The van der Waals surface area contributed by atoms with Gasteiger partial charge in [0, 0.05) is 24.5 Å². The Labute approximate surface area is 242 Å². The lowest BCUT2D eigenvalue weighted by Gasteiger charge is -2.28. The molecule has 208 valence electrons. The van der Waals surface area contributed by atoms with E-state index in [0.717, 1.165) is 73.6 Å². The Hall–Kier alpha value is -4.11. The molecule has 3 aromatic rings. The van der Waals surface area contributed by atoms with E-state index in [0.29, 0.717) is 0 Å². The zero-order valence-corrected chi connectivity index (χ0v) is 24.6. The van der Waals surface area contributed by atoms with Crippen LogP contribution in [0.15, 0.2) is 138 Å². The highest BCUT2D eigenvalue weighted by molar-refractivity contribution is 5.45. The second-order valence-corrected chi connectivity index (χ2v) is 10.4. The Morgan fingerprint density at radius 1 is 0.825 bits per heavy atom. The first-order chi connectivity index (χ1) is 19.4. The molecule has 0 radical (unpaired) electrons. The van der Waals surface area contributed by atoms with Crippen molar-refractivity contribution in [2.24, 2.45) is 4.99 Å². The first-order valence-electron chi connectivity index (χ1n) is 14.3. The monoisotopic (exact) mass is 531 g/mol. The second kappa shape index (κ2) is 16.1. The van der Waals surface area contributed by atoms with Crippen LogP contribution in [0.4, 0.5) is 0 Å². The first kappa shape index (κ1) is 30.4. The largest absolute Gasteiger partial charge is 0.366 e. The van der Waals surface area contributed by atoms with Gasteiger partial charge in [0.2, 0.25) is 0 Å². The molecule has 0 aliphatic rings. The third-order valence-electron chi connectivity index (χ3n) is 6.97. The first-order valence-corrected chi connectivity index (χ1v) is 14.3. The van der Waals surface area contributed by atoms with Crippen molar-refractivity contribution in [1.82, 2.24) is 10.2 Å². The average Bonchev–Trinajstić information content (AvgIpc) is 2.96. The highest BCUT2D eigenvalue weighted by atomic mass is 15.1. The fourth-order valence-corrected chi connectivity index (χ4v) is 4.78. The lowest BCUT2D eigenvalue weighted by atomic mass is 9.99. The zero-order valence-electron chi connectivity index (χ0n) is 24.6. The van der Waals surface area contributed by atoms with E-state index in [1.165, 1.54) is 22.3 Å². The Kier molecular flexibility index (Phi) is 12.2. The molecule has 0 saturated heterocycles. The number of nitrogens with one attached hydrogen (secondary N) is 1. The molecule has 0 amide bonds. The summed E-state index contributed by atoms with van der Waals surface area (Å²) in [6.07, 6.45) is 6.85. The van der Waals surface area contributed by atoms with Crippen molar-refractivity contribution in [1.29, 1.82) is 0 Å². The Balaban J connectivity index is 1.96. The van der Waals surface area contributed by atoms with Gasteiger partial charge < -0.3 is 10.2 Å². The Morgan fingerprint density at radius 2 is 1.43 bits per heavy atom. The van der Waals surface area contributed by atoms with Crippen molar-refractivity contribution in [3.05, 3.63) is 155 Å². The van der Waals surface area contributed by atoms with Gasteiger partial charge in [0.05, 0.1) is 11.4 Å². The maximum Gasteiger partial charge on any atom is 0.0882 e. The topological polar surface area (TPSA) is 27.6 Å². The Bertz CT molecular complexity index is 1300. The molecule has 40 heavy (non-hydrogen) atoms. The maximum absolute atomic E-state index is 4.59. The standard InChI is InChI=1S/C37H45N3/c1-7-14-30(3)39-31(4)27-36(24-23-34-21-19-29(2)20-22-34)37(38-6)32(5)40(28-35-17-12-9-13-18-35)26-25-33-15-10-8-11-16-33/h8-13,15-22,27,39H,3,5-7,14,23-26,28H2,1-2,4H3/b31-27+,37-36+. The number of allylic oxidation sites excluding steroid dienone is 4. The molecule has 3 rings (SSSR count). The number of nitrogens with zero attached hydrogens (tertiary/aromatic N) is 2. The number of hydrogen-bond acceptors (Lipinski definition) is 3. The van der Waals surface area contributed by atoms with E-state index >= 15 is 0 Å². The van der Waals surface area contributed by atoms with E-state index in [4.69, 9.17) is 0 Å². The number of rotatable bonds is 16. The predicted molar refractivity (Wildman–Crippen MR) is 173 cm³/mol. The van der Waals surface area contributed by atoms with Crippen molar-refractivity contribution < 1.29 is 0 Å². The summed E-state index contributed by atoms with van der Waals surface area (Å²) in [7, 11) is 0. The molecule has 0 aromatic heterocycles. The summed E-state index contributed by atoms with van der Waals surface area (Å²) in [6, 6.07) is 29.9. The van der Waals surface area contributed by atoms with Crippen LogP contribution in [-0.2, 0) is 19.4 Å². The molecule has 3 nitrogen and oxygen atoms in total. The van der Waals surface area contributed by atoms with Crippen molar-refractivity contribution in [2.75, 3.05) is 6.54 Å². The average molecular weight is 532 g/mol. The SMILES string of the molecule is C=N/C(C(=C)N(CCc1ccccc1)Cc1ccccc1)=C(/C=C(\C)NC(=C)CCC)CCc1ccc(C)cc1. The molecule has 0 spiro atoms. The van der Waals surface area contributed by atoms with Gasteiger partial charge in [-0.1, -0.05) is 117 Å². The van der Waals surface area contributed by atoms with Crippen LogP contribution in [-0.4, -0.2) is 18.2 Å². The summed E-state index contributed by atoms with van der Waals surface area (Å²) in [6.45, 7) is 20.8. The molecule has 3 aromatic carbocycles. The van der Waals surface area contributed by atoms with E-state index in [9.17, 15) is 0 Å².